The average Bonchev–Trinajstić information content (AvgIpc) is 3.79. The van der Waals surface area contributed by atoms with E-state index in [1.54, 1.807) is 0 Å². The molecule has 5 heteroatoms. The van der Waals surface area contributed by atoms with Gasteiger partial charge in [0.25, 0.3) is 0 Å². The van der Waals surface area contributed by atoms with E-state index in [2.05, 4.69) is 144 Å². The fourth-order valence-electron chi connectivity index (χ4n) is 7.89. The van der Waals surface area contributed by atoms with Crippen molar-refractivity contribution in [2.45, 2.75) is 0 Å². The van der Waals surface area contributed by atoms with Gasteiger partial charge in [0.2, 0.25) is 0 Å². The lowest BCUT2D eigenvalue weighted by Gasteiger charge is -2.12. The summed E-state index contributed by atoms with van der Waals surface area (Å²) < 4.78 is 8.62. The van der Waals surface area contributed by atoms with Crippen LogP contribution in [-0.2, 0) is 0 Å². The number of fused-ring (bicyclic) bond motifs is 7. The van der Waals surface area contributed by atoms with E-state index in [1.807, 2.05) is 42.5 Å². The summed E-state index contributed by atoms with van der Waals surface area (Å²) in [4.78, 5) is 15.2. The van der Waals surface area contributed by atoms with Gasteiger partial charge in [-0.2, -0.15) is 0 Å². The van der Waals surface area contributed by atoms with Crippen LogP contribution in [0.1, 0.15) is 0 Å². The smallest absolute Gasteiger partial charge is 0.164 e. The quantitative estimate of drug-likeness (QED) is 0.180. The standard InChI is InChI=1S/C49H30N4O/c1-2-13-32(14-3-1)47-50-48(52-49(51-47)36-25-24-31-12-4-5-15-33(31)28-36)35-16-10-17-37(29-35)53-42-21-8-6-18-39(42)40-27-26-34(30-43(40)53)38-20-11-23-45-46(38)41-19-7-9-22-44(41)54-45/h1-30H. The fraction of sp³-hybridized carbons (Fsp3) is 0. The van der Waals surface area contributed by atoms with Gasteiger partial charge < -0.3 is 8.98 Å². The molecule has 0 radical (unpaired) electrons. The minimum absolute atomic E-state index is 0.619. The molecule has 0 aliphatic carbocycles. The average molecular weight is 691 g/mol. The maximum Gasteiger partial charge on any atom is 0.164 e. The molecule has 0 N–H and O–H groups in total. The molecule has 252 valence electrons. The van der Waals surface area contributed by atoms with Crippen LogP contribution in [0.15, 0.2) is 186 Å². The Morgan fingerprint density at radius 2 is 1.00 bits per heavy atom. The molecule has 54 heavy (non-hydrogen) atoms. The zero-order valence-electron chi connectivity index (χ0n) is 29.0. The molecule has 11 aromatic rings. The van der Waals surface area contributed by atoms with Crippen LogP contribution in [0.5, 0.6) is 0 Å². The summed E-state index contributed by atoms with van der Waals surface area (Å²) in [6.07, 6.45) is 0. The summed E-state index contributed by atoms with van der Waals surface area (Å²) in [5.41, 5.74) is 10.1. The van der Waals surface area contributed by atoms with Crippen molar-refractivity contribution < 1.29 is 4.42 Å². The first-order valence-electron chi connectivity index (χ1n) is 18.1. The van der Waals surface area contributed by atoms with Crippen LogP contribution >= 0.6 is 0 Å². The second kappa shape index (κ2) is 12.1. The van der Waals surface area contributed by atoms with Gasteiger partial charge in [0, 0.05) is 43.9 Å². The van der Waals surface area contributed by atoms with Crippen LogP contribution in [0.2, 0.25) is 0 Å². The van der Waals surface area contributed by atoms with E-state index in [9.17, 15) is 0 Å². The van der Waals surface area contributed by atoms with Gasteiger partial charge in [0.05, 0.1) is 11.0 Å². The molecule has 0 unspecified atom stereocenters. The molecule has 0 aliphatic rings. The number of para-hydroxylation sites is 2. The zero-order valence-corrected chi connectivity index (χ0v) is 29.0. The molecule has 0 saturated heterocycles. The molecular weight excluding hydrogens is 661 g/mol. The van der Waals surface area contributed by atoms with Crippen molar-refractivity contribution in [3.05, 3.63) is 182 Å². The van der Waals surface area contributed by atoms with Crippen LogP contribution in [0.25, 0.3) is 105 Å². The largest absolute Gasteiger partial charge is 0.456 e. The summed E-state index contributed by atoms with van der Waals surface area (Å²) in [6, 6.07) is 63.4. The highest BCUT2D eigenvalue weighted by molar-refractivity contribution is 6.14. The molecule has 8 aromatic carbocycles. The Morgan fingerprint density at radius 3 is 1.87 bits per heavy atom. The molecule has 0 saturated carbocycles. The normalized spacial score (nSPS) is 11.7. The Kier molecular flexibility index (Phi) is 6.79. The molecule has 3 aromatic heterocycles. The number of nitrogens with zero attached hydrogens (tertiary/aromatic N) is 4. The third kappa shape index (κ3) is 4.90. The molecule has 3 heterocycles. The number of furan rings is 1. The van der Waals surface area contributed by atoms with Gasteiger partial charge >= 0.3 is 0 Å². The first-order valence-corrected chi connectivity index (χ1v) is 18.1. The van der Waals surface area contributed by atoms with Crippen molar-refractivity contribution in [1.82, 2.24) is 19.5 Å². The number of aromatic nitrogens is 4. The van der Waals surface area contributed by atoms with E-state index in [4.69, 9.17) is 19.4 Å². The molecular formula is C49H30N4O. The first-order chi connectivity index (χ1) is 26.7. The lowest BCUT2D eigenvalue weighted by Crippen LogP contribution is -2.01. The minimum Gasteiger partial charge on any atom is -0.456 e. The van der Waals surface area contributed by atoms with Crippen LogP contribution in [-0.4, -0.2) is 19.5 Å². The molecule has 0 amide bonds. The van der Waals surface area contributed by atoms with E-state index in [-0.39, 0.29) is 0 Å². The molecule has 0 atom stereocenters. The van der Waals surface area contributed by atoms with Gasteiger partial charge in [0.1, 0.15) is 11.2 Å². The van der Waals surface area contributed by atoms with Crippen LogP contribution < -0.4 is 0 Å². The lowest BCUT2D eigenvalue weighted by molar-refractivity contribution is 0.669. The summed E-state index contributed by atoms with van der Waals surface area (Å²) in [7, 11) is 0. The zero-order chi connectivity index (χ0) is 35.6. The summed E-state index contributed by atoms with van der Waals surface area (Å²) >= 11 is 0. The van der Waals surface area contributed by atoms with E-state index < -0.39 is 0 Å². The highest BCUT2D eigenvalue weighted by Crippen LogP contribution is 2.40. The maximum absolute atomic E-state index is 6.27. The third-order valence-corrected chi connectivity index (χ3v) is 10.4. The number of benzene rings is 8. The van der Waals surface area contributed by atoms with E-state index in [0.717, 1.165) is 71.9 Å². The fourth-order valence-corrected chi connectivity index (χ4v) is 7.89. The Morgan fingerprint density at radius 1 is 0.370 bits per heavy atom. The van der Waals surface area contributed by atoms with Crippen molar-refractivity contribution in [2.24, 2.45) is 0 Å². The van der Waals surface area contributed by atoms with Crippen molar-refractivity contribution in [1.29, 1.82) is 0 Å². The van der Waals surface area contributed by atoms with Crippen LogP contribution in [0, 0.1) is 0 Å². The molecule has 0 aliphatic heterocycles. The topological polar surface area (TPSA) is 56.7 Å². The number of rotatable bonds is 5. The Balaban J connectivity index is 1.10. The molecule has 5 nitrogen and oxygen atoms in total. The van der Waals surface area contributed by atoms with Crippen molar-refractivity contribution in [2.75, 3.05) is 0 Å². The van der Waals surface area contributed by atoms with Gasteiger partial charge in [0.15, 0.2) is 17.5 Å². The highest BCUT2D eigenvalue weighted by Gasteiger charge is 2.18. The van der Waals surface area contributed by atoms with Crippen LogP contribution in [0.3, 0.4) is 0 Å². The van der Waals surface area contributed by atoms with Crippen molar-refractivity contribution in [3.63, 3.8) is 0 Å². The molecule has 11 rings (SSSR count). The molecule has 0 fully saturated rings. The van der Waals surface area contributed by atoms with Gasteiger partial charge in [-0.25, -0.2) is 15.0 Å². The second-order valence-corrected chi connectivity index (χ2v) is 13.6. The molecule has 0 bridgehead atoms. The summed E-state index contributed by atoms with van der Waals surface area (Å²) in [5.74, 6) is 1.89. The predicted molar refractivity (Wildman–Crippen MR) is 221 cm³/mol. The van der Waals surface area contributed by atoms with Crippen molar-refractivity contribution >= 4 is 54.5 Å². The Labute approximate surface area is 310 Å². The summed E-state index contributed by atoms with van der Waals surface area (Å²) in [5, 5.41) is 6.95. The predicted octanol–water partition coefficient (Wildman–Crippen LogP) is 12.7. The van der Waals surface area contributed by atoms with Gasteiger partial charge in [-0.05, 0) is 64.4 Å². The lowest BCUT2D eigenvalue weighted by atomic mass is 9.98. The van der Waals surface area contributed by atoms with E-state index in [0.29, 0.717) is 17.5 Å². The maximum atomic E-state index is 6.27. The van der Waals surface area contributed by atoms with Gasteiger partial charge in [-0.3, -0.25) is 0 Å². The Hall–Kier alpha value is -7.37. The monoisotopic (exact) mass is 690 g/mol. The van der Waals surface area contributed by atoms with Crippen molar-refractivity contribution in [3.8, 4) is 51.0 Å². The first kappa shape index (κ1) is 30.3. The van der Waals surface area contributed by atoms with Gasteiger partial charge in [-0.15, -0.1) is 0 Å². The number of hydrogen-bond acceptors (Lipinski definition) is 4. The SMILES string of the molecule is c1ccc(-c2nc(-c3cccc(-n4c5ccccc5c5ccc(-c6cccc7oc8ccccc8c67)cc54)c3)nc(-c3ccc4ccccc4c3)n2)cc1. The van der Waals surface area contributed by atoms with Crippen LogP contribution in [0.4, 0.5) is 0 Å². The van der Waals surface area contributed by atoms with Gasteiger partial charge in [-0.1, -0.05) is 140 Å². The highest BCUT2D eigenvalue weighted by atomic mass is 16.3. The van der Waals surface area contributed by atoms with E-state index >= 15 is 0 Å². The number of hydrogen-bond donors (Lipinski definition) is 0. The third-order valence-electron chi connectivity index (χ3n) is 10.4. The van der Waals surface area contributed by atoms with E-state index in [1.165, 1.54) is 16.2 Å². The Bertz CT molecular complexity index is 3230. The summed E-state index contributed by atoms with van der Waals surface area (Å²) in [6.45, 7) is 0. The second-order valence-electron chi connectivity index (χ2n) is 13.6. The minimum atomic E-state index is 0.619. The molecule has 0 spiro atoms.